The van der Waals surface area contributed by atoms with Crippen molar-refractivity contribution in [1.82, 2.24) is 5.32 Å². The van der Waals surface area contributed by atoms with E-state index in [0.29, 0.717) is 17.0 Å². The Labute approximate surface area is 136 Å². The van der Waals surface area contributed by atoms with Crippen molar-refractivity contribution in [2.45, 2.75) is 6.42 Å². The standard InChI is InChI=1S/C17H14FNOS2/c18-14-4-2-1-3-13(14)15-5-6-16(22-15)17(20)19-9-7-12-8-10-21-11-12/h1-6,8,10-11H,7,9H2,(H,19,20). The molecule has 5 heteroatoms. The number of nitrogens with one attached hydrogen (secondary N) is 1. The summed E-state index contributed by atoms with van der Waals surface area (Å²) in [5.41, 5.74) is 1.76. The van der Waals surface area contributed by atoms with Crippen molar-refractivity contribution in [3.63, 3.8) is 0 Å². The fraction of sp³-hybridized carbons (Fsp3) is 0.118. The van der Waals surface area contributed by atoms with Gasteiger partial charge in [-0.25, -0.2) is 4.39 Å². The van der Waals surface area contributed by atoms with E-state index >= 15 is 0 Å². The lowest BCUT2D eigenvalue weighted by molar-refractivity contribution is 0.0958. The number of hydrogen-bond donors (Lipinski definition) is 1. The summed E-state index contributed by atoms with van der Waals surface area (Å²) in [6.07, 6.45) is 0.820. The largest absolute Gasteiger partial charge is 0.351 e. The first-order valence-electron chi connectivity index (χ1n) is 6.88. The molecule has 22 heavy (non-hydrogen) atoms. The lowest BCUT2D eigenvalue weighted by Gasteiger charge is -2.02. The molecule has 1 amide bonds. The van der Waals surface area contributed by atoms with Gasteiger partial charge in [-0.15, -0.1) is 11.3 Å². The molecule has 0 radical (unpaired) electrons. The van der Waals surface area contributed by atoms with Gasteiger partial charge in [0.05, 0.1) is 4.88 Å². The maximum absolute atomic E-state index is 13.8. The zero-order valence-electron chi connectivity index (χ0n) is 11.7. The highest BCUT2D eigenvalue weighted by atomic mass is 32.1. The molecule has 3 aromatic rings. The van der Waals surface area contributed by atoms with Crippen LogP contribution in [0, 0.1) is 5.82 Å². The van der Waals surface area contributed by atoms with Crippen molar-refractivity contribution < 1.29 is 9.18 Å². The Morgan fingerprint density at radius 3 is 2.77 bits per heavy atom. The molecule has 0 saturated heterocycles. The molecular formula is C17H14FNOS2. The minimum atomic E-state index is -0.270. The number of rotatable bonds is 5. The van der Waals surface area contributed by atoms with E-state index in [0.717, 1.165) is 11.3 Å². The van der Waals surface area contributed by atoms with Crippen LogP contribution < -0.4 is 5.32 Å². The second-order valence-electron chi connectivity index (χ2n) is 4.78. The third kappa shape index (κ3) is 3.43. The van der Waals surface area contributed by atoms with Crippen LogP contribution in [-0.4, -0.2) is 12.5 Å². The van der Waals surface area contributed by atoms with Gasteiger partial charge in [0, 0.05) is 17.0 Å². The summed E-state index contributed by atoms with van der Waals surface area (Å²) in [4.78, 5) is 13.5. The normalized spacial score (nSPS) is 10.6. The second kappa shape index (κ2) is 6.85. The monoisotopic (exact) mass is 331 g/mol. The van der Waals surface area contributed by atoms with E-state index in [1.165, 1.54) is 23.0 Å². The number of halogens is 1. The Balaban J connectivity index is 1.63. The molecule has 0 aliphatic rings. The number of thiophene rings is 2. The van der Waals surface area contributed by atoms with Gasteiger partial charge in [0.2, 0.25) is 0 Å². The molecule has 0 unspecified atom stereocenters. The topological polar surface area (TPSA) is 29.1 Å². The van der Waals surface area contributed by atoms with Crippen LogP contribution in [0.25, 0.3) is 10.4 Å². The maximum atomic E-state index is 13.8. The molecule has 0 aliphatic heterocycles. The van der Waals surface area contributed by atoms with Gasteiger partial charge in [-0.2, -0.15) is 11.3 Å². The van der Waals surface area contributed by atoms with Gasteiger partial charge >= 0.3 is 0 Å². The summed E-state index contributed by atoms with van der Waals surface area (Å²) in [7, 11) is 0. The molecule has 1 aromatic carbocycles. The van der Waals surface area contributed by atoms with Crippen molar-refractivity contribution in [2.24, 2.45) is 0 Å². The summed E-state index contributed by atoms with van der Waals surface area (Å²) < 4.78 is 13.8. The van der Waals surface area contributed by atoms with Gasteiger partial charge in [-0.3, -0.25) is 4.79 Å². The highest BCUT2D eigenvalue weighted by Crippen LogP contribution is 2.29. The highest BCUT2D eigenvalue weighted by Gasteiger charge is 2.12. The predicted octanol–water partition coefficient (Wildman–Crippen LogP) is 4.59. The molecule has 0 saturated carbocycles. The summed E-state index contributed by atoms with van der Waals surface area (Å²) in [5, 5.41) is 7.00. The van der Waals surface area contributed by atoms with Crippen LogP contribution in [0.4, 0.5) is 4.39 Å². The summed E-state index contributed by atoms with van der Waals surface area (Å²) in [6.45, 7) is 0.600. The van der Waals surface area contributed by atoms with E-state index in [2.05, 4.69) is 16.8 Å². The minimum Gasteiger partial charge on any atom is -0.351 e. The molecule has 2 nitrogen and oxygen atoms in total. The number of carbonyl (C=O) groups excluding carboxylic acids is 1. The fourth-order valence-electron chi connectivity index (χ4n) is 2.11. The SMILES string of the molecule is O=C(NCCc1ccsc1)c1ccc(-c2ccccc2F)s1. The molecule has 0 spiro atoms. The van der Waals surface area contributed by atoms with Gasteiger partial charge in [0.15, 0.2) is 0 Å². The van der Waals surface area contributed by atoms with Crippen LogP contribution in [0.5, 0.6) is 0 Å². The van der Waals surface area contributed by atoms with E-state index in [9.17, 15) is 9.18 Å². The van der Waals surface area contributed by atoms with Crippen LogP contribution >= 0.6 is 22.7 Å². The lowest BCUT2D eigenvalue weighted by atomic mass is 10.2. The molecule has 1 N–H and O–H groups in total. The van der Waals surface area contributed by atoms with Crippen molar-refractivity contribution in [3.05, 3.63) is 69.5 Å². The summed E-state index contributed by atoms with van der Waals surface area (Å²) >= 11 is 2.96. The number of hydrogen-bond acceptors (Lipinski definition) is 3. The van der Waals surface area contributed by atoms with Gasteiger partial charge in [-0.1, -0.05) is 18.2 Å². The molecular weight excluding hydrogens is 317 g/mol. The summed E-state index contributed by atoms with van der Waals surface area (Å²) in [6, 6.07) is 12.2. The number of amides is 1. The van der Waals surface area contributed by atoms with Crippen molar-refractivity contribution in [2.75, 3.05) is 6.54 Å². The average Bonchev–Trinajstić information content (AvgIpc) is 3.19. The van der Waals surface area contributed by atoms with Crippen molar-refractivity contribution in [3.8, 4) is 10.4 Å². The Bertz CT molecular complexity index is 765. The van der Waals surface area contributed by atoms with Crippen LogP contribution in [0.3, 0.4) is 0 Å². The van der Waals surface area contributed by atoms with E-state index in [1.807, 2.05) is 5.38 Å². The zero-order valence-corrected chi connectivity index (χ0v) is 13.3. The Hall–Kier alpha value is -1.98. The minimum absolute atomic E-state index is 0.109. The quantitative estimate of drug-likeness (QED) is 0.728. The molecule has 2 aromatic heterocycles. The molecule has 3 rings (SSSR count). The second-order valence-corrected chi connectivity index (χ2v) is 6.65. The Morgan fingerprint density at radius 2 is 2.00 bits per heavy atom. The van der Waals surface area contributed by atoms with E-state index in [4.69, 9.17) is 0 Å². The lowest BCUT2D eigenvalue weighted by Crippen LogP contribution is -2.24. The molecule has 112 valence electrons. The zero-order chi connectivity index (χ0) is 15.4. The highest BCUT2D eigenvalue weighted by molar-refractivity contribution is 7.17. The average molecular weight is 331 g/mol. The smallest absolute Gasteiger partial charge is 0.261 e. The molecule has 2 heterocycles. The molecule has 0 atom stereocenters. The third-order valence-corrected chi connectivity index (χ3v) is 5.10. The first kappa shape index (κ1) is 14.9. The Morgan fingerprint density at radius 1 is 1.14 bits per heavy atom. The maximum Gasteiger partial charge on any atom is 0.261 e. The van der Waals surface area contributed by atoms with E-state index in [1.54, 1.807) is 41.7 Å². The predicted molar refractivity (Wildman–Crippen MR) is 90.1 cm³/mol. The van der Waals surface area contributed by atoms with Crippen LogP contribution in [0.15, 0.2) is 53.2 Å². The van der Waals surface area contributed by atoms with E-state index in [-0.39, 0.29) is 11.7 Å². The van der Waals surface area contributed by atoms with Crippen LogP contribution in [0.2, 0.25) is 0 Å². The first-order valence-corrected chi connectivity index (χ1v) is 8.64. The van der Waals surface area contributed by atoms with Gasteiger partial charge in [0.25, 0.3) is 5.91 Å². The third-order valence-electron chi connectivity index (χ3n) is 3.25. The molecule has 0 fully saturated rings. The van der Waals surface area contributed by atoms with Crippen molar-refractivity contribution >= 4 is 28.6 Å². The summed E-state index contributed by atoms with van der Waals surface area (Å²) in [5.74, 6) is -0.378. The Kier molecular flexibility index (Phi) is 4.65. The fourth-order valence-corrected chi connectivity index (χ4v) is 3.76. The first-order chi connectivity index (χ1) is 10.7. The number of carbonyl (C=O) groups is 1. The van der Waals surface area contributed by atoms with Gasteiger partial charge in [0.1, 0.15) is 5.82 Å². The van der Waals surface area contributed by atoms with Crippen LogP contribution in [-0.2, 0) is 6.42 Å². The molecule has 0 bridgehead atoms. The van der Waals surface area contributed by atoms with E-state index < -0.39 is 0 Å². The van der Waals surface area contributed by atoms with Crippen LogP contribution in [0.1, 0.15) is 15.2 Å². The molecule has 0 aliphatic carbocycles. The number of benzene rings is 1. The van der Waals surface area contributed by atoms with Crippen molar-refractivity contribution in [1.29, 1.82) is 0 Å². The van der Waals surface area contributed by atoms with Gasteiger partial charge in [-0.05, 0) is 47.0 Å². The van der Waals surface area contributed by atoms with Gasteiger partial charge < -0.3 is 5.32 Å².